The van der Waals surface area contributed by atoms with Crippen molar-refractivity contribution in [1.82, 2.24) is 5.43 Å². The summed E-state index contributed by atoms with van der Waals surface area (Å²) in [5.41, 5.74) is 5.10. The van der Waals surface area contributed by atoms with E-state index < -0.39 is 0 Å². The minimum atomic E-state index is -0.0493. The number of hydrazone groups is 1. The summed E-state index contributed by atoms with van der Waals surface area (Å²) in [5, 5.41) is 13.5. The van der Waals surface area contributed by atoms with E-state index in [0.717, 1.165) is 16.8 Å². The summed E-state index contributed by atoms with van der Waals surface area (Å²) in [6.07, 6.45) is 0.457. The van der Waals surface area contributed by atoms with Gasteiger partial charge >= 0.3 is 0 Å². The van der Waals surface area contributed by atoms with Crippen molar-refractivity contribution in [2.75, 3.05) is 0 Å². The first-order chi connectivity index (χ1) is 7.58. The van der Waals surface area contributed by atoms with Gasteiger partial charge in [-0.3, -0.25) is 4.79 Å². The number of carbonyl (C=O) groups is 1. The van der Waals surface area contributed by atoms with E-state index in [4.69, 9.17) is 0 Å². The van der Waals surface area contributed by atoms with Crippen molar-refractivity contribution in [3.63, 3.8) is 0 Å². The van der Waals surface area contributed by atoms with Crippen molar-refractivity contribution in [3.8, 4) is 5.75 Å². The van der Waals surface area contributed by atoms with Gasteiger partial charge in [-0.2, -0.15) is 5.10 Å². The molecule has 0 saturated heterocycles. The Kier molecular flexibility index (Phi) is 2.64. The number of nitrogens with one attached hydrogen (secondary N) is 1. The zero-order valence-electron chi connectivity index (χ0n) is 9.32. The molecule has 1 atom stereocenters. The molecule has 0 aromatic heterocycles. The van der Waals surface area contributed by atoms with Gasteiger partial charge in [-0.15, -0.1) is 0 Å². The summed E-state index contributed by atoms with van der Waals surface area (Å²) in [4.78, 5) is 11.1. The molecule has 2 rings (SSSR count). The maximum atomic E-state index is 11.1. The molecule has 1 aromatic carbocycles. The molecular formula is C12H14N2O2. The monoisotopic (exact) mass is 218 g/mol. The first-order valence-electron chi connectivity index (χ1n) is 5.24. The molecule has 16 heavy (non-hydrogen) atoms. The number of nitrogens with zero attached hydrogens (tertiary/aromatic N) is 1. The second-order valence-electron chi connectivity index (χ2n) is 4.14. The van der Waals surface area contributed by atoms with Gasteiger partial charge in [0.15, 0.2) is 0 Å². The van der Waals surface area contributed by atoms with Crippen molar-refractivity contribution >= 4 is 11.6 Å². The third-order valence-electron chi connectivity index (χ3n) is 2.75. The van der Waals surface area contributed by atoms with E-state index in [1.165, 1.54) is 0 Å². The molecule has 0 fully saturated rings. The molecule has 2 N–H and O–H groups in total. The van der Waals surface area contributed by atoms with Crippen LogP contribution in [-0.4, -0.2) is 16.7 Å². The summed E-state index contributed by atoms with van der Waals surface area (Å²) in [7, 11) is 0. The average Bonchev–Trinajstić information content (AvgIpc) is 2.22. The Hall–Kier alpha value is -1.84. The largest absolute Gasteiger partial charge is 0.508 e. The van der Waals surface area contributed by atoms with E-state index >= 15 is 0 Å². The van der Waals surface area contributed by atoms with Crippen molar-refractivity contribution in [2.45, 2.75) is 20.3 Å². The fourth-order valence-electron chi connectivity index (χ4n) is 1.82. The Morgan fingerprint density at radius 3 is 2.88 bits per heavy atom. The lowest BCUT2D eigenvalue weighted by Crippen LogP contribution is -2.31. The normalized spacial score (nSPS) is 20.2. The van der Waals surface area contributed by atoms with E-state index in [2.05, 4.69) is 10.5 Å². The number of phenols is 1. The molecule has 1 unspecified atom stereocenters. The van der Waals surface area contributed by atoms with E-state index in [1.54, 1.807) is 6.07 Å². The van der Waals surface area contributed by atoms with E-state index in [-0.39, 0.29) is 17.6 Å². The highest BCUT2D eigenvalue weighted by atomic mass is 16.3. The number of hydrogen-bond donors (Lipinski definition) is 2. The van der Waals surface area contributed by atoms with E-state index in [0.29, 0.717) is 6.42 Å². The summed E-state index contributed by atoms with van der Waals surface area (Å²) in [5.74, 6) is 0.335. The van der Waals surface area contributed by atoms with Crippen molar-refractivity contribution in [2.24, 2.45) is 11.0 Å². The van der Waals surface area contributed by atoms with Gasteiger partial charge in [-0.1, -0.05) is 6.92 Å². The number of amides is 1. The minimum Gasteiger partial charge on any atom is -0.508 e. The van der Waals surface area contributed by atoms with Crippen LogP contribution in [0.1, 0.15) is 24.5 Å². The minimum absolute atomic E-state index is 0.0493. The molecule has 4 nitrogen and oxygen atoms in total. The molecule has 1 aromatic rings. The molecule has 4 heteroatoms. The molecule has 1 amide bonds. The van der Waals surface area contributed by atoms with Gasteiger partial charge in [0.1, 0.15) is 5.75 Å². The third kappa shape index (κ3) is 1.91. The zero-order chi connectivity index (χ0) is 11.7. The zero-order valence-corrected chi connectivity index (χ0v) is 9.32. The summed E-state index contributed by atoms with van der Waals surface area (Å²) in [6.45, 7) is 3.81. The smallest absolute Gasteiger partial charge is 0.240 e. The SMILES string of the molecule is Cc1cc(C2=NNC(=O)CC2C)ccc1O. The van der Waals surface area contributed by atoms with Crippen LogP contribution < -0.4 is 5.43 Å². The van der Waals surface area contributed by atoms with Gasteiger partial charge in [-0.25, -0.2) is 5.43 Å². The summed E-state index contributed by atoms with van der Waals surface area (Å²) >= 11 is 0. The van der Waals surface area contributed by atoms with Gasteiger partial charge in [0.2, 0.25) is 5.91 Å². The van der Waals surface area contributed by atoms with Crippen LogP contribution in [-0.2, 0) is 4.79 Å². The first kappa shape index (κ1) is 10.7. The molecule has 84 valence electrons. The lowest BCUT2D eigenvalue weighted by Gasteiger charge is -2.19. The predicted molar refractivity (Wildman–Crippen MR) is 61.3 cm³/mol. The Balaban J connectivity index is 2.37. The number of rotatable bonds is 1. The molecule has 0 spiro atoms. The highest BCUT2D eigenvalue weighted by molar-refractivity contribution is 6.05. The fourth-order valence-corrected chi connectivity index (χ4v) is 1.82. The Bertz CT molecular complexity index is 466. The highest BCUT2D eigenvalue weighted by Gasteiger charge is 2.21. The van der Waals surface area contributed by atoms with Crippen molar-refractivity contribution in [1.29, 1.82) is 0 Å². The first-order valence-corrected chi connectivity index (χ1v) is 5.24. The number of phenolic OH excluding ortho intramolecular Hbond substituents is 1. The number of benzene rings is 1. The summed E-state index contributed by atoms with van der Waals surface area (Å²) < 4.78 is 0. The molecule has 1 aliphatic rings. The topological polar surface area (TPSA) is 61.7 Å². The number of hydrogen-bond acceptors (Lipinski definition) is 3. The van der Waals surface area contributed by atoms with Crippen LogP contribution in [0.25, 0.3) is 0 Å². The quantitative estimate of drug-likeness (QED) is 0.751. The van der Waals surface area contributed by atoms with Crippen molar-refractivity contribution in [3.05, 3.63) is 29.3 Å². The lowest BCUT2D eigenvalue weighted by atomic mass is 9.93. The second-order valence-corrected chi connectivity index (χ2v) is 4.14. The molecule has 0 aliphatic carbocycles. The maximum Gasteiger partial charge on any atom is 0.240 e. The number of carbonyl (C=O) groups excluding carboxylic acids is 1. The van der Waals surface area contributed by atoms with Crippen molar-refractivity contribution < 1.29 is 9.90 Å². The van der Waals surface area contributed by atoms with Crippen LogP contribution in [0.2, 0.25) is 0 Å². The lowest BCUT2D eigenvalue weighted by molar-refractivity contribution is -0.121. The molecule has 1 aliphatic heterocycles. The maximum absolute atomic E-state index is 11.1. The van der Waals surface area contributed by atoms with Gasteiger partial charge in [0, 0.05) is 12.3 Å². The van der Waals surface area contributed by atoms with E-state index in [9.17, 15) is 9.90 Å². The molecule has 0 saturated carbocycles. The van der Waals surface area contributed by atoms with Gasteiger partial charge in [0.25, 0.3) is 0 Å². The standard InChI is InChI=1S/C12H14N2O2/c1-7-5-9(3-4-10(7)15)12-8(2)6-11(16)13-14-12/h3-5,8,15H,6H2,1-2H3,(H,13,16). The van der Waals surface area contributed by atoms with Crippen LogP contribution in [0.4, 0.5) is 0 Å². The third-order valence-corrected chi connectivity index (χ3v) is 2.75. The van der Waals surface area contributed by atoms with Crippen LogP contribution in [0.15, 0.2) is 23.3 Å². The van der Waals surface area contributed by atoms with Crippen LogP contribution >= 0.6 is 0 Å². The number of aryl methyl sites for hydroxylation is 1. The van der Waals surface area contributed by atoms with Gasteiger partial charge in [-0.05, 0) is 36.2 Å². The van der Waals surface area contributed by atoms with E-state index in [1.807, 2.05) is 26.0 Å². The Morgan fingerprint density at radius 2 is 2.25 bits per heavy atom. The fraction of sp³-hybridized carbons (Fsp3) is 0.333. The predicted octanol–water partition coefficient (Wildman–Crippen LogP) is 1.56. The highest BCUT2D eigenvalue weighted by Crippen LogP contribution is 2.21. The molecule has 1 heterocycles. The number of aromatic hydroxyl groups is 1. The Morgan fingerprint density at radius 1 is 1.50 bits per heavy atom. The second kappa shape index (κ2) is 3.96. The summed E-state index contributed by atoms with van der Waals surface area (Å²) in [6, 6.07) is 5.34. The molecule has 0 radical (unpaired) electrons. The van der Waals surface area contributed by atoms with Gasteiger partial charge < -0.3 is 5.11 Å². The average molecular weight is 218 g/mol. The van der Waals surface area contributed by atoms with Crippen LogP contribution in [0, 0.1) is 12.8 Å². The van der Waals surface area contributed by atoms with Crippen LogP contribution in [0.5, 0.6) is 5.75 Å². The molecule has 0 bridgehead atoms. The molecular weight excluding hydrogens is 204 g/mol. The van der Waals surface area contributed by atoms with Gasteiger partial charge in [0.05, 0.1) is 5.71 Å². The Labute approximate surface area is 94.0 Å². The van der Waals surface area contributed by atoms with Crippen LogP contribution in [0.3, 0.4) is 0 Å².